The number of hydrogen-bond donors (Lipinski definition) is 2. The van der Waals surface area contributed by atoms with Crippen molar-refractivity contribution in [2.75, 3.05) is 33.4 Å². The SMILES string of the molecule is COc1nc(Cl)cc2c1[C@]1(O)[C@H](O)[C@H](C(=O)N3CCOCC3)[C@@H](c3ccccc3)[C@]1(c1ccc(Br)cc1)O2. The first-order valence-corrected chi connectivity index (χ1v) is 13.5. The Labute approximate surface area is 233 Å². The van der Waals surface area contributed by atoms with Crippen LogP contribution in [0, 0.1) is 5.92 Å². The van der Waals surface area contributed by atoms with Crippen LogP contribution in [-0.2, 0) is 20.7 Å². The van der Waals surface area contributed by atoms with Gasteiger partial charge in [-0.1, -0.05) is 70.0 Å². The van der Waals surface area contributed by atoms with E-state index in [1.54, 1.807) is 4.90 Å². The van der Waals surface area contributed by atoms with E-state index in [-0.39, 0.29) is 28.3 Å². The number of pyridine rings is 1. The van der Waals surface area contributed by atoms with Gasteiger partial charge in [0, 0.05) is 29.5 Å². The fraction of sp³-hybridized carbons (Fsp3) is 0.357. The van der Waals surface area contributed by atoms with Gasteiger partial charge < -0.3 is 29.3 Å². The van der Waals surface area contributed by atoms with E-state index < -0.39 is 29.1 Å². The van der Waals surface area contributed by atoms with Crippen molar-refractivity contribution in [1.82, 2.24) is 9.88 Å². The molecule has 2 N–H and O–H groups in total. The molecule has 1 aromatic heterocycles. The first kappa shape index (κ1) is 25.6. The molecule has 1 amide bonds. The number of fused-ring (bicyclic) bond motifs is 3. The molecule has 10 heteroatoms. The lowest BCUT2D eigenvalue weighted by atomic mass is 9.70. The summed E-state index contributed by atoms with van der Waals surface area (Å²) < 4.78 is 18.6. The summed E-state index contributed by atoms with van der Waals surface area (Å²) in [5.74, 6) is -1.84. The van der Waals surface area contributed by atoms with Crippen molar-refractivity contribution >= 4 is 33.4 Å². The highest BCUT2D eigenvalue weighted by Gasteiger charge is 2.78. The van der Waals surface area contributed by atoms with E-state index in [0.29, 0.717) is 31.9 Å². The standard InChI is InChI=1S/C28H26BrClN2O6/c1-36-25-23-19(15-20(30)31-25)38-28(17-7-9-18(29)10-8-17)22(16-5-3-2-4-6-16)21(24(33)27(23,28)35)26(34)32-11-13-37-14-12-32/h2-10,15,21-22,24,33,35H,11-14H2,1H3/t21-,22-,24-,27+,28+/m1/s1. The second-order valence-corrected chi connectivity index (χ2v) is 11.0. The largest absolute Gasteiger partial charge is 0.481 e. The van der Waals surface area contributed by atoms with Gasteiger partial charge in [0.05, 0.1) is 31.8 Å². The molecule has 8 nitrogen and oxygen atoms in total. The summed E-state index contributed by atoms with van der Waals surface area (Å²) in [5, 5.41) is 25.1. The predicted molar refractivity (Wildman–Crippen MR) is 142 cm³/mol. The van der Waals surface area contributed by atoms with E-state index in [0.717, 1.165) is 10.0 Å². The number of aliphatic hydroxyl groups is 2. The fourth-order valence-electron chi connectivity index (χ4n) is 6.38. The van der Waals surface area contributed by atoms with Gasteiger partial charge in [-0.05, 0) is 23.3 Å². The Balaban J connectivity index is 1.66. The number of morpholine rings is 1. The van der Waals surface area contributed by atoms with E-state index in [9.17, 15) is 15.0 Å². The van der Waals surface area contributed by atoms with Gasteiger partial charge in [0.1, 0.15) is 17.0 Å². The molecule has 1 saturated carbocycles. The van der Waals surface area contributed by atoms with Crippen molar-refractivity contribution in [3.63, 3.8) is 0 Å². The predicted octanol–water partition coefficient (Wildman–Crippen LogP) is 3.61. The summed E-state index contributed by atoms with van der Waals surface area (Å²) in [6.07, 6.45) is -1.56. The number of hydrogen-bond acceptors (Lipinski definition) is 7. The molecule has 2 fully saturated rings. The van der Waals surface area contributed by atoms with Crippen LogP contribution in [-0.4, -0.2) is 65.5 Å². The van der Waals surface area contributed by atoms with Crippen molar-refractivity contribution in [3.8, 4) is 11.6 Å². The van der Waals surface area contributed by atoms with Crippen molar-refractivity contribution in [1.29, 1.82) is 0 Å². The molecule has 3 heterocycles. The molecule has 0 spiro atoms. The number of nitrogens with zero attached hydrogens (tertiary/aromatic N) is 2. The topological polar surface area (TPSA) is 101 Å². The third-order valence-corrected chi connectivity index (χ3v) is 8.66. The Kier molecular flexibility index (Phi) is 6.39. The number of aliphatic hydroxyl groups excluding tert-OH is 1. The van der Waals surface area contributed by atoms with Crippen molar-refractivity contribution < 1.29 is 29.2 Å². The number of rotatable bonds is 4. The van der Waals surface area contributed by atoms with Crippen LogP contribution < -0.4 is 9.47 Å². The quantitative estimate of drug-likeness (QED) is 0.441. The number of methoxy groups -OCH3 is 1. The summed E-state index contributed by atoms with van der Waals surface area (Å²) in [4.78, 5) is 20.1. The molecule has 2 aromatic carbocycles. The van der Waals surface area contributed by atoms with Gasteiger partial charge in [0.2, 0.25) is 11.8 Å². The first-order chi connectivity index (χ1) is 18.3. The lowest BCUT2D eigenvalue weighted by molar-refractivity contribution is -0.158. The second-order valence-electron chi connectivity index (χ2n) is 9.74. The molecule has 2 aliphatic heterocycles. The highest BCUT2D eigenvalue weighted by Crippen LogP contribution is 2.70. The van der Waals surface area contributed by atoms with Gasteiger partial charge in [-0.3, -0.25) is 4.79 Å². The number of carbonyl (C=O) groups excluding carboxylic acids is 1. The Morgan fingerprint density at radius 1 is 1.16 bits per heavy atom. The molecule has 3 aliphatic rings. The fourth-order valence-corrected chi connectivity index (χ4v) is 6.82. The summed E-state index contributed by atoms with van der Waals surface area (Å²) in [6, 6.07) is 18.2. The minimum absolute atomic E-state index is 0.0271. The Bertz CT molecular complexity index is 1370. The molecule has 38 heavy (non-hydrogen) atoms. The summed E-state index contributed by atoms with van der Waals surface area (Å²) in [7, 11) is 1.41. The second kappa shape index (κ2) is 9.50. The summed E-state index contributed by atoms with van der Waals surface area (Å²) in [6.45, 7) is 1.60. The molecule has 198 valence electrons. The molecule has 0 unspecified atom stereocenters. The maximum atomic E-state index is 14.2. The van der Waals surface area contributed by atoms with Gasteiger partial charge in [-0.15, -0.1) is 0 Å². The lowest BCUT2D eigenvalue weighted by Crippen LogP contribution is -2.52. The van der Waals surface area contributed by atoms with Gasteiger partial charge in [0.15, 0.2) is 11.2 Å². The Morgan fingerprint density at radius 2 is 1.84 bits per heavy atom. The van der Waals surface area contributed by atoms with Crippen molar-refractivity contribution in [2.45, 2.75) is 23.2 Å². The Morgan fingerprint density at radius 3 is 2.50 bits per heavy atom. The minimum atomic E-state index is -2.10. The van der Waals surface area contributed by atoms with Gasteiger partial charge >= 0.3 is 0 Å². The van der Waals surface area contributed by atoms with Gasteiger partial charge in [0.25, 0.3) is 0 Å². The van der Waals surface area contributed by atoms with E-state index in [1.165, 1.54) is 13.2 Å². The highest BCUT2D eigenvalue weighted by atomic mass is 79.9. The average Bonchev–Trinajstić information content (AvgIpc) is 3.31. The smallest absolute Gasteiger partial charge is 0.229 e. The number of aromatic nitrogens is 1. The van der Waals surface area contributed by atoms with Crippen LogP contribution in [0.1, 0.15) is 22.6 Å². The van der Waals surface area contributed by atoms with E-state index in [2.05, 4.69) is 20.9 Å². The maximum Gasteiger partial charge on any atom is 0.229 e. The van der Waals surface area contributed by atoms with Crippen molar-refractivity contribution in [3.05, 3.63) is 87.0 Å². The van der Waals surface area contributed by atoms with E-state index in [1.807, 2.05) is 54.6 Å². The molecule has 1 saturated heterocycles. The van der Waals surface area contributed by atoms with E-state index in [4.69, 9.17) is 25.8 Å². The minimum Gasteiger partial charge on any atom is -0.481 e. The molecule has 5 atom stereocenters. The zero-order chi connectivity index (χ0) is 26.7. The Hall–Kier alpha value is -2.69. The zero-order valence-corrected chi connectivity index (χ0v) is 22.9. The molecule has 3 aromatic rings. The van der Waals surface area contributed by atoms with Crippen LogP contribution in [0.2, 0.25) is 5.15 Å². The normalized spacial score (nSPS) is 29.9. The zero-order valence-electron chi connectivity index (χ0n) is 20.5. The van der Waals surface area contributed by atoms with Gasteiger partial charge in [-0.2, -0.15) is 0 Å². The van der Waals surface area contributed by atoms with Gasteiger partial charge in [-0.25, -0.2) is 4.98 Å². The maximum absolute atomic E-state index is 14.2. The molecule has 0 radical (unpaired) electrons. The van der Waals surface area contributed by atoms with Crippen molar-refractivity contribution in [2.24, 2.45) is 5.92 Å². The molecule has 0 bridgehead atoms. The van der Waals surface area contributed by atoms with Crippen LogP contribution in [0.3, 0.4) is 0 Å². The van der Waals surface area contributed by atoms with E-state index >= 15 is 0 Å². The molecular formula is C28H26BrClN2O6. The number of benzene rings is 2. The van der Waals surface area contributed by atoms with Crippen LogP contribution in [0.4, 0.5) is 0 Å². The molecule has 6 rings (SSSR count). The average molecular weight is 602 g/mol. The third kappa shape index (κ3) is 3.53. The monoisotopic (exact) mass is 600 g/mol. The molecule has 1 aliphatic carbocycles. The lowest BCUT2D eigenvalue weighted by Gasteiger charge is -2.41. The highest BCUT2D eigenvalue weighted by molar-refractivity contribution is 9.10. The first-order valence-electron chi connectivity index (χ1n) is 12.3. The van der Waals surface area contributed by atoms with Crippen LogP contribution in [0.25, 0.3) is 0 Å². The third-order valence-electron chi connectivity index (χ3n) is 7.94. The number of amides is 1. The summed E-state index contributed by atoms with van der Waals surface area (Å²) in [5.41, 5.74) is -2.22. The summed E-state index contributed by atoms with van der Waals surface area (Å²) >= 11 is 9.78. The molecular weight excluding hydrogens is 576 g/mol. The number of halogens is 2. The van der Waals surface area contributed by atoms with Crippen LogP contribution >= 0.6 is 27.5 Å². The number of ether oxygens (including phenoxy) is 3. The number of carbonyl (C=O) groups is 1. The van der Waals surface area contributed by atoms with Crippen LogP contribution in [0.15, 0.2) is 65.1 Å². The van der Waals surface area contributed by atoms with Crippen LogP contribution in [0.5, 0.6) is 11.6 Å².